The van der Waals surface area contributed by atoms with Crippen molar-refractivity contribution in [2.75, 3.05) is 25.6 Å². The van der Waals surface area contributed by atoms with Gasteiger partial charge in [0.15, 0.2) is 0 Å². The number of nitrogens with zero attached hydrogens (tertiary/aromatic N) is 4. The minimum Gasteiger partial charge on any atom is -0.352 e. The van der Waals surface area contributed by atoms with E-state index < -0.39 is 0 Å². The highest BCUT2D eigenvalue weighted by atomic mass is 35.5. The number of carbonyl (C=O) groups excluding carboxylic acids is 2. The number of aromatic nitrogens is 4. The first-order chi connectivity index (χ1) is 23.3. The van der Waals surface area contributed by atoms with Gasteiger partial charge in [-0.05, 0) is 25.4 Å². The van der Waals surface area contributed by atoms with E-state index in [0.29, 0.717) is 60.5 Å². The van der Waals surface area contributed by atoms with E-state index in [1.165, 1.54) is 23.5 Å². The highest BCUT2D eigenvalue weighted by Gasteiger charge is 2.22. The number of rotatable bonds is 13. The molecule has 4 heterocycles. The lowest BCUT2D eigenvalue weighted by Crippen LogP contribution is -2.35. The molecule has 2 amide bonds. The van der Waals surface area contributed by atoms with Crippen molar-refractivity contribution < 1.29 is 9.59 Å². The van der Waals surface area contributed by atoms with E-state index in [2.05, 4.69) is 21.3 Å². The molecule has 10 nitrogen and oxygen atoms in total. The fraction of sp³-hybridized carbons (Fsp3) is 0.353. The third-order valence-corrected chi connectivity index (χ3v) is 10.6. The largest absolute Gasteiger partial charge is 0.352 e. The Kier molecular flexibility index (Phi) is 11.5. The minimum atomic E-state index is 0.105. The number of carbonyl (C=O) groups is 2. The molecule has 2 aliphatic heterocycles. The van der Waals surface area contributed by atoms with Gasteiger partial charge in [-0.1, -0.05) is 59.6 Å². The predicted octanol–water partition coefficient (Wildman–Crippen LogP) is 5.75. The molecule has 0 aliphatic carbocycles. The number of halogens is 2. The van der Waals surface area contributed by atoms with Gasteiger partial charge >= 0.3 is 0 Å². The van der Waals surface area contributed by atoms with Gasteiger partial charge in [-0.25, -0.2) is 9.97 Å². The lowest BCUT2D eigenvalue weighted by molar-refractivity contribution is -0.120. The second-order valence-electron chi connectivity index (χ2n) is 11.6. The molecule has 4 aromatic rings. The van der Waals surface area contributed by atoms with E-state index in [9.17, 15) is 9.59 Å². The average Bonchev–Trinajstić information content (AvgIpc) is 3.72. The maximum Gasteiger partial charge on any atom is 0.220 e. The van der Waals surface area contributed by atoms with Crippen LogP contribution >= 0.6 is 46.7 Å². The zero-order valence-corrected chi connectivity index (χ0v) is 29.8. The number of amides is 2. The molecule has 2 aromatic heterocycles. The van der Waals surface area contributed by atoms with Crippen molar-refractivity contribution in [3.8, 4) is 33.6 Å². The summed E-state index contributed by atoms with van der Waals surface area (Å²) in [4.78, 5) is 42.3. The molecule has 14 heteroatoms. The summed E-state index contributed by atoms with van der Waals surface area (Å²) in [5, 5.41) is 15.4. The third kappa shape index (κ3) is 7.96. The standard InChI is InChI=1S/C34H36Cl2N8O2S2/c1-47-33-27(15-37-13-19-9-11-29(45)41-19)39-17-25(43-33)23-7-3-5-21(31(23)35)22-6-4-8-24(32(22)36)26-18-40-28(34(44-26)48-2)16-38-14-20-10-12-30(46)42-20/h3-8,17-20,37-38H,9-16H2,1-2H3,(H,41,45)(H,42,46)/t19-,20?/m0/s1. The molecule has 2 fully saturated rings. The Morgan fingerprint density at radius 1 is 0.708 bits per heavy atom. The lowest BCUT2D eigenvalue weighted by Gasteiger charge is -2.15. The van der Waals surface area contributed by atoms with Crippen LogP contribution in [0.15, 0.2) is 58.8 Å². The van der Waals surface area contributed by atoms with Gasteiger partial charge in [-0.15, -0.1) is 23.5 Å². The first kappa shape index (κ1) is 34.6. The molecule has 2 atom stereocenters. The van der Waals surface area contributed by atoms with Crippen LogP contribution in [-0.2, 0) is 22.7 Å². The van der Waals surface area contributed by atoms with Crippen LogP contribution in [0, 0.1) is 0 Å². The maximum absolute atomic E-state index is 11.5. The lowest BCUT2D eigenvalue weighted by atomic mass is 9.98. The summed E-state index contributed by atoms with van der Waals surface area (Å²) in [6, 6.07) is 11.9. The second-order valence-corrected chi connectivity index (χ2v) is 14.0. The Bertz CT molecular complexity index is 1700. The minimum absolute atomic E-state index is 0.105. The topological polar surface area (TPSA) is 134 Å². The maximum atomic E-state index is 11.5. The summed E-state index contributed by atoms with van der Waals surface area (Å²) < 4.78 is 0. The Labute approximate surface area is 298 Å². The summed E-state index contributed by atoms with van der Waals surface area (Å²) in [7, 11) is 0. The van der Waals surface area contributed by atoms with E-state index in [1.54, 1.807) is 12.4 Å². The van der Waals surface area contributed by atoms with Crippen molar-refractivity contribution in [3.63, 3.8) is 0 Å². The molecular weight excluding hydrogens is 687 g/mol. The molecule has 0 spiro atoms. The van der Waals surface area contributed by atoms with Crippen LogP contribution in [0.2, 0.25) is 10.0 Å². The molecule has 2 aliphatic rings. The van der Waals surface area contributed by atoms with Crippen molar-refractivity contribution in [3.05, 3.63) is 70.2 Å². The van der Waals surface area contributed by atoms with Gasteiger partial charge in [0.05, 0.1) is 45.2 Å². The van der Waals surface area contributed by atoms with Crippen molar-refractivity contribution >= 4 is 58.5 Å². The van der Waals surface area contributed by atoms with Gasteiger partial charge < -0.3 is 21.3 Å². The fourth-order valence-corrected chi connectivity index (χ4v) is 7.64. The molecule has 4 N–H and O–H groups in total. The normalized spacial score (nSPS) is 17.5. The number of thioether (sulfide) groups is 2. The Hall–Kier alpha value is -3.26. The zero-order valence-electron chi connectivity index (χ0n) is 26.6. The van der Waals surface area contributed by atoms with Crippen LogP contribution in [-0.4, -0.2) is 69.4 Å². The Morgan fingerprint density at radius 2 is 1.12 bits per heavy atom. The quantitative estimate of drug-likeness (QED) is 0.126. The van der Waals surface area contributed by atoms with Crippen LogP contribution in [0.4, 0.5) is 0 Å². The number of hydrogen-bond acceptors (Lipinski definition) is 10. The highest BCUT2D eigenvalue weighted by molar-refractivity contribution is 7.98. The van der Waals surface area contributed by atoms with E-state index in [-0.39, 0.29) is 23.9 Å². The molecule has 2 aromatic carbocycles. The van der Waals surface area contributed by atoms with Gasteiger partial charge in [0.2, 0.25) is 11.8 Å². The van der Waals surface area contributed by atoms with Crippen LogP contribution in [0.3, 0.4) is 0 Å². The molecule has 1 unspecified atom stereocenters. The van der Waals surface area contributed by atoms with Crippen molar-refractivity contribution in [2.24, 2.45) is 0 Å². The van der Waals surface area contributed by atoms with Gasteiger partial charge in [0.25, 0.3) is 0 Å². The smallest absolute Gasteiger partial charge is 0.220 e. The first-order valence-corrected chi connectivity index (χ1v) is 18.9. The summed E-state index contributed by atoms with van der Waals surface area (Å²) in [5.74, 6) is 0.209. The highest BCUT2D eigenvalue weighted by Crippen LogP contribution is 2.42. The van der Waals surface area contributed by atoms with E-state index in [0.717, 1.165) is 56.5 Å². The molecule has 0 radical (unpaired) electrons. The SMILES string of the molecule is CSc1nc(-c2cccc(-c3cccc(-c4cnc(CNC[C@@H]5CCC(=O)N5)c(SC)n4)c3Cl)c2Cl)cnc1CNCC1CCC(=O)N1. The van der Waals surface area contributed by atoms with Crippen LogP contribution in [0.1, 0.15) is 37.1 Å². The van der Waals surface area contributed by atoms with Gasteiger partial charge in [-0.2, -0.15) is 0 Å². The molecule has 6 rings (SSSR count). The molecule has 0 bridgehead atoms. The molecule has 48 heavy (non-hydrogen) atoms. The van der Waals surface area contributed by atoms with E-state index in [1.807, 2.05) is 48.9 Å². The Balaban J connectivity index is 1.20. The summed E-state index contributed by atoms with van der Waals surface area (Å²) >= 11 is 17.2. The third-order valence-electron chi connectivity index (χ3n) is 8.39. The number of hydrogen-bond donors (Lipinski definition) is 4. The molecular formula is C34H36Cl2N8O2S2. The predicted molar refractivity (Wildman–Crippen MR) is 193 cm³/mol. The first-order valence-electron chi connectivity index (χ1n) is 15.7. The van der Waals surface area contributed by atoms with Crippen LogP contribution in [0.25, 0.3) is 33.6 Å². The molecule has 2 saturated heterocycles. The van der Waals surface area contributed by atoms with Crippen molar-refractivity contribution in [1.82, 2.24) is 41.2 Å². The van der Waals surface area contributed by atoms with Gasteiger partial charge in [0.1, 0.15) is 10.1 Å². The summed E-state index contributed by atoms with van der Waals surface area (Å²) in [6.07, 6.45) is 10.3. The van der Waals surface area contributed by atoms with Crippen LogP contribution in [0.5, 0.6) is 0 Å². The monoisotopic (exact) mass is 722 g/mol. The van der Waals surface area contributed by atoms with Crippen molar-refractivity contribution in [1.29, 1.82) is 0 Å². The summed E-state index contributed by atoms with van der Waals surface area (Å²) in [6.45, 7) is 2.46. The van der Waals surface area contributed by atoms with Crippen LogP contribution < -0.4 is 21.3 Å². The zero-order chi connectivity index (χ0) is 33.6. The fourth-order valence-electron chi connectivity index (χ4n) is 5.89. The van der Waals surface area contributed by atoms with Gasteiger partial charge in [-0.3, -0.25) is 19.6 Å². The Morgan fingerprint density at radius 3 is 1.50 bits per heavy atom. The molecule has 250 valence electrons. The molecule has 0 saturated carbocycles. The average molecular weight is 724 g/mol. The van der Waals surface area contributed by atoms with Gasteiger partial charge in [0, 0.05) is 73.4 Å². The number of benzene rings is 2. The second kappa shape index (κ2) is 16.0. The van der Waals surface area contributed by atoms with Crippen molar-refractivity contribution in [2.45, 2.75) is 60.9 Å². The summed E-state index contributed by atoms with van der Waals surface area (Å²) in [5.41, 5.74) is 6.07. The van der Waals surface area contributed by atoms with E-state index >= 15 is 0 Å². The van der Waals surface area contributed by atoms with E-state index in [4.69, 9.17) is 43.1 Å². The number of nitrogens with one attached hydrogen (secondary N) is 4.